The van der Waals surface area contributed by atoms with Gasteiger partial charge in [0.1, 0.15) is 23.4 Å². The number of fused-ring (bicyclic) bond motifs is 9. The predicted octanol–water partition coefficient (Wildman–Crippen LogP) is 9.89. The number of benzene rings is 3. The Bertz CT molecular complexity index is 3220. The number of H-pyrrole nitrogens is 2. The number of aryl methyl sites for hydroxylation is 2. The number of aromatic nitrogens is 2. The highest BCUT2D eigenvalue weighted by atomic mass is 16.5. The number of hydrogen-bond donors (Lipinski definition) is 9. The Labute approximate surface area is 458 Å². The van der Waals surface area contributed by atoms with E-state index in [4.69, 9.17) is 4.74 Å². The highest BCUT2D eigenvalue weighted by Gasteiger charge is 2.55. The van der Waals surface area contributed by atoms with Crippen molar-refractivity contribution in [1.82, 2.24) is 15.3 Å². The summed E-state index contributed by atoms with van der Waals surface area (Å²) in [6, 6.07) is 19.2. The number of ether oxygens (including phenoxy) is 1. The third-order valence-electron chi connectivity index (χ3n) is 19.5. The molecule has 3 saturated carbocycles. The van der Waals surface area contributed by atoms with E-state index >= 15 is 9.59 Å². The van der Waals surface area contributed by atoms with E-state index in [1.54, 1.807) is 18.2 Å². The van der Waals surface area contributed by atoms with Gasteiger partial charge in [0.2, 0.25) is 0 Å². The van der Waals surface area contributed by atoms with E-state index < -0.39 is 53.4 Å². The largest absolute Gasteiger partial charge is 0.507 e. The first kappa shape index (κ1) is 52.3. The van der Waals surface area contributed by atoms with Gasteiger partial charge in [-0.2, -0.15) is 0 Å². The number of hydrogen-bond acceptors (Lipinski definition) is 10. The minimum atomic E-state index is -1.44. The SMILES string of the molecule is CNCC1C#CC2Nc3[nH]ccc3Cc3cc(ccc3C3(CCC4(CCCC4)C3)C1O)Cc1cc(cc(OC3CCCC3)c1O)CCC(=O)C(CCO)C(=O)C1C2=Cc2[nH]ccc2C1CC1(O)C=Cc2c(O)cccc2CC1. The minimum absolute atomic E-state index is 0.00306. The van der Waals surface area contributed by atoms with Crippen LogP contribution in [0.2, 0.25) is 0 Å². The molecule has 5 aromatic rings. The molecule has 2 spiro atoms. The van der Waals surface area contributed by atoms with Crippen molar-refractivity contribution in [2.24, 2.45) is 23.2 Å². The Morgan fingerprint density at radius 2 is 1.64 bits per heavy atom. The van der Waals surface area contributed by atoms with Crippen LogP contribution >= 0.6 is 0 Å². The summed E-state index contributed by atoms with van der Waals surface area (Å²) in [7, 11) is 1.90. The third-order valence-corrected chi connectivity index (χ3v) is 19.5. The average Bonchev–Trinajstić information content (AvgIpc) is 4.49. The smallest absolute Gasteiger partial charge is 0.161 e. The second-order valence-electron chi connectivity index (χ2n) is 24.4. The number of rotatable bonds is 8. The zero-order valence-corrected chi connectivity index (χ0v) is 45.0. The molecule has 0 saturated heterocycles. The van der Waals surface area contributed by atoms with Crippen LogP contribution in [0.25, 0.3) is 12.2 Å². The summed E-state index contributed by atoms with van der Waals surface area (Å²) < 4.78 is 6.60. The first-order chi connectivity index (χ1) is 37.8. The van der Waals surface area contributed by atoms with Crippen LogP contribution in [0.5, 0.6) is 17.2 Å². The highest BCUT2D eigenvalue weighted by Crippen LogP contribution is 2.61. The van der Waals surface area contributed by atoms with Crippen LogP contribution in [-0.4, -0.2) is 91.1 Å². The maximum atomic E-state index is 16.3. The number of aliphatic hydroxyl groups is 3. The van der Waals surface area contributed by atoms with Gasteiger partial charge in [0.05, 0.1) is 29.6 Å². The van der Waals surface area contributed by atoms with Crippen LogP contribution in [0.15, 0.2) is 84.7 Å². The molecule has 9 N–H and O–H groups in total. The van der Waals surface area contributed by atoms with E-state index in [1.165, 1.54) is 12.8 Å². The highest BCUT2D eigenvalue weighted by molar-refractivity contribution is 6.05. The predicted molar refractivity (Wildman–Crippen MR) is 302 cm³/mol. The van der Waals surface area contributed by atoms with Crippen molar-refractivity contribution in [3.05, 3.63) is 140 Å². The fourth-order valence-corrected chi connectivity index (χ4v) is 15.5. The van der Waals surface area contributed by atoms with Crippen LogP contribution < -0.4 is 15.4 Å². The first-order valence-corrected chi connectivity index (χ1v) is 29.0. The lowest BCUT2D eigenvalue weighted by Crippen LogP contribution is -2.46. The van der Waals surface area contributed by atoms with Gasteiger partial charge in [0, 0.05) is 78.9 Å². The zero-order valence-electron chi connectivity index (χ0n) is 45.0. The Morgan fingerprint density at radius 3 is 2.46 bits per heavy atom. The number of nitrogens with one attached hydrogen (secondary N) is 4. The Balaban J connectivity index is 1.06. The molecule has 2 aliphatic heterocycles. The Kier molecular flexibility index (Phi) is 14.3. The third kappa shape index (κ3) is 9.84. The van der Waals surface area contributed by atoms with Gasteiger partial charge >= 0.3 is 0 Å². The van der Waals surface area contributed by atoms with Crippen molar-refractivity contribution in [1.29, 1.82) is 0 Å². The van der Waals surface area contributed by atoms with Gasteiger partial charge in [0.25, 0.3) is 0 Å². The molecule has 12 heteroatoms. The molecule has 2 aromatic heterocycles. The molecule has 4 heterocycles. The maximum absolute atomic E-state index is 16.3. The van der Waals surface area contributed by atoms with Crippen LogP contribution in [0.1, 0.15) is 158 Å². The molecule has 78 heavy (non-hydrogen) atoms. The molecule has 5 aliphatic carbocycles. The summed E-state index contributed by atoms with van der Waals surface area (Å²) >= 11 is 0. The van der Waals surface area contributed by atoms with Gasteiger partial charge < -0.3 is 50.9 Å². The lowest BCUT2D eigenvalue weighted by Gasteiger charge is -2.41. The second-order valence-corrected chi connectivity index (χ2v) is 24.4. The maximum Gasteiger partial charge on any atom is 0.161 e. The fourth-order valence-electron chi connectivity index (χ4n) is 15.5. The van der Waals surface area contributed by atoms with Crippen molar-refractivity contribution < 1.29 is 39.9 Å². The van der Waals surface area contributed by atoms with E-state index in [1.807, 2.05) is 55.8 Å². The number of carbonyl (C=O) groups excluding carboxylic acids is 2. The normalized spacial score (nSPS) is 28.6. The number of ketones is 2. The number of anilines is 1. The van der Waals surface area contributed by atoms with Gasteiger partial charge in [-0.25, -0.2) is 0 Å². The van der Waals surface area contributed by atoms with E-state index in [9.17, 15) is 25.5 Å². The number of aromatic amines is 2. The van der Waals surface area contributed by atoms with Gasteiger partial charge in [-0.05, 0) is 177 Å². The number of Topliss-reactive ketones (excluding diaryl/α,β-unsaturated/α-hetero) is 2. The minimum Gasteiger partial charge on any atom is -0.507 e. The van der Waals surface area contributed by atoms with E-state index in [0.29, 0.717) is 54.7 Å². The summed E-state index contributed by atoms with van der Waals surface area (Å²) in [5.74, 6) is 4.63. The standard InChI is InChI=1S/C66H76N4O8/c1-67-38-44-13-15-54-51-36-55-49(20-29-68-55)52(37-65(77)24-17-42-7-6-10-56(72)48(42)18-25-65)59(51)61(75)50(21-30-71)57(73)16-12-41-33-46(60(74)58(34-41)78-47-8-2-3-9-47)32-40-11-14-53(45(31-40)35-43-19-28-69-63(43)70-54)66(62(44)76)27-26-64(39-66)22-4-5-23-64/h6-7,10-11,14,18-20,25,28-29,31,33-34,36,44,47,50,52,54,59,62,67-72,74,76-77H,2-5,8-9,12,16-17,21-24,26-27,30,32,35,37-39H2,1H3. The van der Waals surface area contributed by atoms with Gasteiger partial charge in [-0.1, -0.05) is 73.2 Å². The second kappa shape index (κ2) is 21.4. The molecule has 408 valence electrons. The quantitative estimate of drug-likeness (QED) is 0.0532. The first-order valence-electron chi connectivity index (χ1n) is 29.0. The van der Waals surface area contributed by atoms with E-state index in [-0.39, 0.29) is 60.3 Å². The summed E-state index contributed by atoms with van der Waals surface area (Å²) in [6.45, 7) is 0.0123. The number of phenols is 2. The summed E-state index contributed by atoms with van der Waals surface area (Å²) in [4.78, 5) is 38.4. The van der Waals surface area contributed by atoms with Gasteiger partial charge in [-0.15, -0.1) is 0 Å². The summed E-state index contributed by atoms with van der Waals surface area (Å²) in [5, 5.41) is 67.5. The average molecular weight is 1050 g/mol. The number of aliphatic hydroxyl groups excluding tert-OH is 2. The fraction of sp³-hybridized carbons (Fsp3) is 0.485. The molecule has 7 aliphatic rings. The molecule has 8 atom stereocenters. The molecule has 0 amide bonds. The molecule has 12 nitrogen and oxygen atoms in total. The lowest BCUT2D eigenvalue weighted by molar-refractivity contribution is -0.135. The molecular formula is C66H76N4O8. The number of carbonyl (C=O) groups is 2. The van der Waals surface area contributed by atoms with Gasteiger partial charge in [0.15, 0.2) is 17.3 Å². The van der Waals surface area contributed by atoms with Crippen molar-refractivity contribution in [2.75, 3.05) is 25.5 Å². The van der Waals surface area contributed by atoms with Crippen LogP contribution in [0.3, 0.4) is 0 Å². The molecule has 0 radical (unpaired) electrons. The lowest BCUT2D eigenvalue weighted by atomic mass is 9.65. The van der Waals surface area contributed by atoms with Crippen LogP contribution in [-0.2, 0) is 40.7 Å². The zero-order chi connectivity index (χ0) is 53.8. The molecule has 8 unspecified atom stereocenters. The van der Waals surface area contributed by atoms with Crippen molar-refractivity contribution >= 4 is 29.5 Å². The van der Waals surface area contributed by atoms with Crippen molar-refractivity contribution in [2.45, 2.75) is 157 Å². The van der Waals surface area contributed by atoms with Crippen molar-refractivity contribution in [3.8, 4) is 29.1 Å². The summed E-state index contributed by atoms with van der Waals surface area (Å²) in [6.07, 6.45) is 21.6. The van der Waals surface area contributed by atoms with Crippen molar-refractivity contribution in [3.63, 3.8) is 0 Å². The molecule has 12 rings (SSSR count). The molecule has 3 aromatic carbocycles. The number of aromatic hydroxyl groups is 2. The van der Waals surface area contributed by atoms with E-state index in [0.717, 1.165) is 108 Å². The topological polar surface area (TPSA) is 200 Å². The van der Waals surface area contributed by atoms with Gasteiger partial charge in [-0.3, -0.25) is 9.59 Å². The number of phenolic OH excluding ortho intramolecular Hbond substituents is 2. The summed E-state index contributed by atoms with van der Waals surface area (Å²) in [5.41, 5.74) is 7.55. The molecule has 3 fully saturated rings. The molecule has 5 bridgehead atoms. The van der Waals surface area contributed by atoms with E-state index in [2.05, 4.69) is 56.7 Å². The van der Waals surface area contributed by atoms with Crippen LogP contribution in [0.4, 0.5) is 5.82 Å². The monoisotopic (exact) mass is 1050 g/mol. The van der Waals surface area contributed by atoms with Crippen LogP contribution in [0, 0.1) is 35.0 Å². The Hall–Kier alpha value is -6.36. The molecular weight excluding hydrogens is 977 g/mol. The Morgan fingerprint density at radius 1 is 0.821 bits per heavy atom.